The summed E-state index contributed by atoms with van der Waals surface area (Å²) in [6.07, 6.45) is 0. The van der Waals surface area contributed by atoms with Gasteiger partial charge in [0.05, 0.1) is 10.7 Å². The van der Waals surface area contributed by atoms with Gasteiger partial charge in [0, 0.05) is 22.5 Å². The zero-order valence-electron chi connectivity index (χ0n) is 11.8. The standard InChI is InChI=1S/C15H12Cl2N2O3S/c16-11-3-1-10(2-4-11)8-23-9-15(20)18-12-5-6-13(17)14(7-12)19(21)22/h1-7H,8-9H2,(H,18,20). The first-order chi connectivity index (χ1) is 11.0. The number of rotatable bonds is 6. The molecule has 0 aliphatic carbocycles. The number of nitrogens with one attached hydrogen (secondary N) is 1. The molecular weight excluding hydrogens is 359 g/mol. The molecule has 0 spiro atoms. The quantitative estimate of drug-likeness (QED) is 0.586. The molecule has 1 amide bonds. The van der Waals surface area contributed by atoms with Gasteiger partial charge in [0.15, 0.2) is 0 Å². The molecule has 8 heteroatoms. The second-order valence-corrected chi connectivity index (χ2v) is 6.42. The van der Waals surface area contributed by atoms with E-state index in [9.17, 15) is 14.9 Å². The molecule has 2 aromatic carbocycles. The summed E-state index contributed by atoms with van der Waals surface area (Å²) >= 11 is 13.0. The minimum atomic E-state index is -0.590. The first-order valence-electron chi connectivity index (χ1n) is 6.51. The molecule has 2 rings (SSSR count). The van der Waals surface area contributed by atoms with Gasteiger partial charge in [-0.3, -0.25) is 14.9 Å². The molecule has 0 heterocycles. The Labute approximate surface area is 147 Å². The van der Waals surface area contributed by atoms with E-state index in [0.717, 1.165) is 5.56 Å². The Bertz CT molecular complexity index is 723. The lowest BCUT2D eigenvalue weighted by Crippen LogP contribution is -2.14. The van der Waals surface area contributed by atoms with Gasteiger partial charge in [0.1, 0.15) is 5.02 Å². The van der Waals surface area contributed by atoms with Crippen molar-refractivity contribution >= 4 is 52.2 Å². The number of hydrogen-bond donors (Lipinski definition) is 1. The van der Waals surface area contributed by atoms with Crippen molar-refractivity contribution in [1.82, 2.24) is 0 Å². The van der Waals surface area contributed by atoms with E-state index in [2.05, 4.69) is 5.32 Å². The van der Waals surface area contributed by atoms with Gasteiger partial charge in [-0.25, -0.2) is 0 Å². The van der Waals surface area contributed by atoms with E-state index in [1.165, 1.54) is 30.0 Å². The van der Waals surface area contributed by atoms with E-state index in [1.807, 2.05) is 12.1 Å². The summed E-state index contributed by atoms with van der Waals surface area (Å²) in [7, 11) is 0. The molecule has 1 N–H and O–H groups in total. The molecule has 0 bridgehead atoms. The lowest BCUT2D eigenvalue weighted by molar-refractivity contribution is -0.384. The smallest absolute Gasteiger partial charge is 0.289 e. The Morgan fingerprint density at radius 1 is 1.17 bits per heavy atom. The minimum absolute atomic E-state index is 0.0325. The summed E-state index contributed by atoms with van der Waals surface area (Å²) in [5, 5.41) is 14.1. The molecule has 23 heavy (non-hydrogen) atoms. The average Bonchev–Trinajstić information content (AvgIpc) is 2.51. The van der Waals surface area contributed by atoms with Crippen LogP contribution >= 0.6 is 35.0 Å². The maximum Gasteiger partial charge on any atom is 0.289 e. The van der Waals surface area contributed by atoms with Crippen LogP contribution in [0.4, 0.5) is 11.4 Å². The minimum Gasteiger partial charge on any atom is -0.325 e. The maximum absolute atomic E-state index is 11.9. The first-order valence-corrected chi connectivity index (χ1v) is 8.43. The number of nitro groups is 1. The molecule has 0 aliphatic heterocycles. The number of halogens is 2. The predicted molar refractivity (Wildman–Crippen MR) is 94.4 cm³/mol. The van der Waals surface area contributed by atoms with Crippen molar-refractivity contribution in [3.63, 3.8) is 0 Å². The van der Waals surface area contributed by atoms with Gasteiger partial charge in [-0.05, 0) is 29.8 Å². The van der Waals surface area contributed by atoms with Crippen molar-refractivity contribution in [2.45, 2.75) is 5.75 Å². The zero-order valence-corrected chi connectivity index (χ0v) is 14.1. The van der Waals surface area contributed by atoms with Crippen LogP contribution in [0.2, 0.25) is 10.0 Å². The van der Waals surface area contributed by atoms with Crippen molar-refractivity contribution in [3.8, 4) is 0 Å². The van der Waals surface area contributed by atoms with Crippen LogP contribution in [0, 0.1) is 10.1 Å². The molecule has 0 fully saturated rings. The molecule has 2 aromatic rings. The van der Waals surface area contributed by atoms with Crippen LogP contribution in [-0.4, -0.2) is 16.6 Å². The molecular formula is C15H12Cl2N2O3S. The summed E-state index contributed by atoms with van der Waals surface area (Å²) in [6, 6.07) is 11.5. The SMILES string of the molecule is O=C(CSCc1ccc(Cl)cc1)Nc1ccc(Cl)c([N+](=O)[O-])c1. The van der Waals surface area contributed by atoms with Crippen LogP contribution in [0.15, 0.2) is 42.5 Å². The van der Waals surface area contributed by atoms with Gasteiger partial charge >= 0.3 is 0 Å². The van der Waals surface area contributed by atoms with Crippen LogP contribution < -0.4 is 5.32 Å². The summed E-state index contributed by atoms with van der Waals surface area (Å²) in [6.45, 7) is 0. The molecule has 0 unspecified atom stereocenters. The molecule has 0 saturated heterocycles. The second kappa shape index (κ2) is 8.19. The fourth-order valence-corrected chi connectivity index (χ4v) is 2.87. The summed E-state index contributed by atoms with van der Waals surface area (Å²) in [5.41, 5.74) is 1.17. The highest BCUT2D eigenvalue weighted by Crippen LogP contribution is 2.27. The van der Waals surface area contributed by atoms with Crippen molar-refractivity contribution in [1.29, 1.82) is 0 Å². The highest BCUT2D eigenvalue weighted by Gasteiger charge is 2.13. The van der Waals surface area contributed by atoms with E-state index < -0.39 is 4.92 Å². The van der Waals surface area contributed by atoms with Crippen LogP contribution in [0.5, 0.6) is 0 Å². The van der Waals surface area contributed by atoms with E-state index in [1.54, 1.807) is 12.1 Å². The van der Waals surface area contributed by atoms with E-state index in [-0.39, 0.29) is 22.4 Å². The fraction of sp³-hybridized carbons (Fsp3) is 0.133. The number of hydrogen-bond acceptors (Lipinski definition) is 4. The number of benzene rings is 2. The lowest BCUT2D eigenvalue weighted by atomic mass is 10.2. The third-order valence-electron chi connectivity index (χ3n) is 2.84. The third-order valence-corrected chi connectivity index (χ3v) is 4.42. The average molecular weight is 371 g/mol. The summed E-state index contributed by atoms with van der Waals surface area (Å²) in [5.74, 6) is 0.672. The van der Waals surface area contributed by atoms with Crippen molar-refractivity contribution in [2.24, 2.45) is 0 Å². The van der Waals surface area contributed by atoms with Crippen LogP contribution in [-0.2, 0) is 10.5 Å². The van der Waals surface area contributed by atoms with Crippen molar-refractivity contribution in [3.05, 3.63) is 68.2 Å². The number of carbonyl (C=O) groups excluding carboxylic acids is 1. The van der Waals surface area contributed by atoms with Gasteiger partial charge < -0.3 is 5.32 Å². The van der Waals surface area contributed by atoms with Gasteiger partial charge in [0.2, 0.25) is 5.91 Å². The Morgan fingerprint density at radius 2 is 1.87 bits per heavy atom. The second-order valence-electron chi connectivity index (χ2n) is 4.59. The van der Waals surface area contributed by atoms with Crippen LogP contribution in [0.1, 0.15) is 5.56 Å². The van der Waals surface area contributed by atoms with E-state index in [0.29, 0.717) is 16.5 Å². The highest BCUT2D eigenvalue weighted by molar-refractivity contribution is 7.99. The molecule has 0 aromatic heterocycles. The molecule has 5 nitrogen and oxygen atoms in total. The predicted octanol–water partition coefficient (Wildman–Crippen LogP) is 4.77. The van der Waals surface area contributed by atoms with Crippen LogP contribution in [0.3, 0.4) is 0 Å². The van der Waals surface area contributed by atoms with Gasteiger partial charge in [-0.1, -0.05) is 35.3 Å². The van der Waals surface area contributed by atoms with Crippen LogP contribution in [0.25, 0.3) is 0 Å². The maximum atomic E-state index is 11.9. The molecule has 0 atom stereocenters. The Kier molecular flexibility index (Phi) is 6.27. The number of thioether (sulfide) groups is 1. The Hall–Kier alpha value is -1.76. The number of carbonyl (C=O) groups is 1. The Morgan fingerprint density at radius 3 is 2.52 bits per heavy atom. The number of nitro benzene ring substituents is 1. The zero-order chi connectivity index (χ0) is 16.8. The van der Waals surface area contributed by atoms with Gasteiger partial charge in [-0.2, -0.15) is 0 Å². The Balaban J connectivity index is 1.86. The normalized spacial score (nSPS) is 10.3. The van der Waals surface area contributed by atoms with E-state index in [4.69, 9.17) is 23.2 Å². The topological polar surface area (TPSA) is 72.2 Å². The molecule has 0 aliphatic rings. The lowest BCUT2D eigenvalue weighted by Gasteiger charge is -2.06. The summed E-state index contributed by atoms with van der Waals surface area (Å²) < 4.78 is 0. The first kappa shape index (κ1) is 17.6. The largest absolute Gasteiger partial charge is 0.325 e. The number of anilines is 1. The number of nitrogens with zero attached hydrogens (tertiary/aromatic N) is 1. The van der Waals surface area contributed by atoms with Gasteiger partial charge in [-0.15, -0.1) is 11.8 Å². The van der Waals surface area contributed by atoms with E-state index >= 15 is 0 Å². The van der Waals surface area contributed by atoms with Crippen molar-refractivity contribution < 1.29 is 9.72 Å². The van der Waals surface area contributed by atoms with Gasteiger partial charge in [0.25, 0.3) is 5.69 Å². The molecule has 0 saturated carbocycles. The van der Waals surface area contributed by atoms with Crippen molar-refractivity contribution in [2.75, 3.05) is 11.1 Å². The molecule has 120 valence electrons. The monoisotopic (exact) mass is 370 g/mol. The highest BCUT2D eigenvalue weighted by atomic mass is 35.5. The third kappa shape index (κ3) is 5.42. The number of amides is 1. The summed E-state index contributed by atoms with van der Waals surface area (Å²) in [4.78, 5) is 22.1. The fourth-order valence-electron chi connectivity index (χ4n) is 1.77. The molecule has 0 radical (unpaired) electrons.